The molecule has 0 bridgehead atoms. The highest BCUT2D eigenvalue weighted by Crippen LogP contribution is 2.50. The van der Waals surface area contributed by atoms with Gasteiger partial charge >= 0.3 is 12.4 Å². The number of amides is 2. The molecule has 3 fully saturated rings. The third-order valence-electron chi connectivity index (χ3n) is 10.9. The van der Waals surface area contributed by atoms with E-state index in [0.717, 1.165) is 47.5 Å². The highest BCUT2D eigenvalue weighted by Gasteiger charge is 2.57. The first-order valence-corrected chi connectivity index (χ1v) is 19.1. The van der Waals surface area contributed by atoms with Crippen LogP contribution in [0.5, 0.6) is 11.5 Å². The number of aliphatic hydroxyl groups excluding tert-OH is 1. The highest BCUT2D eigenvalue weighted by atomic mass is 32.1. The fourth-order valence-corrected chi connectivity index (χ4v) is 8.55. The van der Waals surface area contributed by atoms with E-state index in [1.807, 2.05) is 0 Å². The lowest BCUT2D eigenvalue weighted by molar-refractivity contribution is -0.163. The molecule has 0 radical (unpaired) electrons. The van der Waals surface area contributed by atoms with Crippen LogP contribution in [0.2, 0.25) is 0 Å². The summed E-state index contributed by atoms with van der Waals surface area (Å²) in [5.74, 6) is -1.61. The number of pyridine rings is 1. The number of aromatic nitrogens is 1. The number of benzene rings is 1. The van der Waals surface area contributed by atoms with Crippen molar-refractivity contribution in [3.63, 3.8) is 0 Å². The van der Waals surface area contributed by atoms with Gasteiger partial charge in [-0.2, -0.15) is 26.3 Å². The summed E-state index contributed by atoms with van der Waals surface area (Å²) in [5.41, 5.74) is -5.49. The molecule has 0 spiro atoms. The zero-order valence-electron chi connectivity index (χ0n) is 30.0. The van der Waals surface area contributed by atoms with Crippen molar-refractivity contribution < 1.29 is 60.7 Å². The van der Waals surface area contributed by atoms with Crippen molar-refractivity contribution in [2.24, 2.45) is 5.41 Å². The van der Waals surface area contributed by atoms with E-state index in [-0.39, 0.29) is 75.9 Å². The molecule has 3 aromatic rings. The van der Waals surface area contributed by atoms with Crippen molar-refractivity contribution in [3.8, 4) is 11.5 Å². The van der Waals surface area contributed by atoms with Crippen LogP contribution in [0.1, 0.15) is 91.2 Å². The van der Waals surface area contributed by atoms with E-state index in [4.69, 9.17) is 9.47 Å². The van der Waals surface area contributed by atoms with Gasteiger partial charge in [-0.05, 0) is 56.7 Å². The number of alkyl halides is 6. The zero-order valence-corrected chi connectivity index (χ0v) is 30.9. The maximum atomic E-state index is 14.9. The SMILES string of the molecule is CCC[C@H]1N(C(=O)c2ncccc2C(F)(F)F)CCC[C@@]1(Oc1csc(C(F)(F)F)c1)C(=O)N1CCC(O)(c2ccccc2OCC2(CC(O)O)CC2)CC1. The Kier molecular flexibility index (Phi) is 11.5. The molecule has 2 aliphatic heterocycles. The maximum Gasteiger partial charge on any atom is 0.425 e. The summed E-state index contributed by atoms with van der Waals surface area (Å²) in [4.78, 5) is 34.3. The van der Waals surface area contributed by atoms with Gasteiger partial charge in [-0.1, -0.05) is 31.5 Å². The molecular formula is C38H43F6N3O7S. The fraction of sp³-hybridized carbons (Fsp3) is 0.553. The van der Waals surface area contributed by atoms with Crippen LogP contribution in [0.4, 0.5) is 26.3 Å². The smallest absolute Gasteiger partial charge is 0.425 e. The monoisotopic (exact) mass is 799 g/mol. The number of aliphatic hydroxyl groups is 3. The molecule has 17 heteroatoms. The van der Waals surface area contributed by atoms with E-state index in [1.165, 1.54) is 4.90 Å². The summed E-state index contributed by atoms with van der Waals surface area (Å²) in [7, 11) is 0. The third kappa shape index (κ3) is 8.59. The van der Waals surface area contributed by atoms with Crippen molar-refractivity contribution in [1.82, 2.24) is 14.8 Å². The van der Waals surface area contributed by atoms with Gasteiger partial charge < -0.3 is 34.6 Å². The van der Waals surface area contributed by atoms with Crippen LogP contribution in [-0.4, -0.2) is 86.1 Å². The van der Waals surface area contributed by atoms with E-state index in [9.17, 15) is 51.3 Å². The van der Waals surface area contributed by atoms with Crippen LogP contribution in [0.25, 0.3) is 0 Å². The van der Waals surface area contributed by atoms with E-state index < -0.39 is 63.8 Å². The summed E-state index contributed by atoms with van der Waals surface area (Å²) in [6.45, 7) is 1.84. The summed E-state index contributed by atoms with van der Waals surface area (Å²) in [6.07, 6.45) is -7.89. The van der Waals surface area contributed by atoms with Crippen LogP contribution >= 0.6 is 11.3 Å². The Morgan fingerprint density at radius 1 is 0.982 bits per heavy atom. The predicted molar refractivity (Wildman–Crippen MR) is 187 cm³/mol. The standard InChI is InChI=1S/C38H43F6N3O7S/c1-2-7-28-36(54-24-20-29(55-22-24)38(42,43)44,11-6-17-47(28)32(50)31-26(37(39,40)41)9-5-16-45-31)33(51)46-18-14-35(52,15-19-46)25-8-3-4-10-27(25)53-23-34(12-13-34)21-30(48)49/h3-5,8-10,16,20,22,28,30,48-49,52H,2,6-7,11-15,17-19,21,23H2,1H3/t28-,36+/m1/s1. The minimum absolute atomic E-state index is 0.0241. The lowest BCUT2D eigenvalue weighted by atomic mass is 9.78. The van der Waals surface area contributed by atoms with Gasteiger partial charge in [0.05, 0.1) is 23.8 Å². The van der Waals surface area contributed by atoms with Crippen LogP contribution in [-0.2, 0) is 22.7 Å². The highest BCUT2D eigenvalue weighted by molar-refractivity contribution is 7.10. The predicted octanol–water partition coefficient (Wildman–Crippen LogP) is 6.77. The number of rotatable bonds is 12. The summed E-state index contributed by atoms with van der Waals surface area (Å²) >= 11 is 0.365. The largest absolute Gasteiger partial charge is 0.493 e. The second kappa shape index (κ2) is 15.5. The Balaban J connectivity index is 1.30. The number of ether oxygens (including phenoxy) is 2. The molecule has 3 N–H and O–H groups in total. The average molecular weight is 800 g/mol. The maximum absolute atomic E-state index is 14.9. The van der Waals surface area contributed by atoms with Gasteiger partial charge in [-0.3, -0.25) is 14.6 Å². The molecule has 0 unspecified atom stereocenters. The lowest BCUT2D eigenvalue weighted by Crippen LogP contribution is -2.68. The number of nitrogens with zero attached hydrogens (tertiary/aromatic N) is 3. The van der Waals surface area contributed by atoms with Crippen LogP contribution in [0.15, 0.2) is 54.0 Å². The fourth-order valence-electron chi connectivity index (χ4n) is 7.87. The molecule has 2 atom stereocenters. The number of hydrogen-bond acceptors (Lipinski definition) is 9. The Bertz CT molecular complexity index is 1840. The Labute approximate surface area is 317 Å². The topological polar surface area (TPSA) is 133 Å². The second-order valence-electron chi connectivity index (χ2n) is 14.7. The summed E-state index contributed by atoms with van der Waals surface area (Å²) in [6, 6.07) is 8.25. The molecule has 1 aliphatic carbocycles. The van der Waals surface area contributed by atoms with E-state index in [2.05, 4.69) is 4.98 Å². The van der Waals surface area contributed by atoms with E-state index in [0.29, 0.717) is 29.1 Å². The van der Waals surface area contributed by atoms with Gasteiger partial charge in [0.15, 0.2) is 6.29 Å². The first-order chi connectivity index (χ1) is 25.9. The Morgan fingerprint density at radius 3 is 2.31 bits per heavy atom. The van der Waals surface area contributed by atoms with E-state index >= 15 is 0 Å². The molecule has 1 aromatic carbocycles. The third-order valence-corrected chi connectivity index (χ3v) is 11.8. The average Bonchev–Trinajstić information content (AvgIpc) is 3.72. The van der Waals surface area contributed by atoms with Gasteiger partial charge in [-0.25, -0.2) is 0 Å². The molecule has 300 valence electrons. The van der Waals surface area contributed by atoms with Crippen molar-refractivity contribution in [1.29, 1.82) is 0 Å². The number of likely N-dealkylation sites (tertiary alicyclic amines) is 2. The van der Waals surface area contributed by atoms with Gasteiger partial charge in [0.1, 0.15) is 22.1 Å². The van der Waals surface area contributed by atoms with Crippen LogP contribution in [0, 0.1) is 5.41 Å². The summed E-state index contributed by atoms with van der Waals surface area (Å²) < 4.78 is 95.7. The molecule has 2 saturated heterocycles. The lowest BCUT2D eigenvalue weighted by Gasteiger charge is -2.51. The van der Waals surface area contributed by atoms with E-state index in [1.54, 1.807) is 31.2 Å². The van der Waals surface area contributed by atoms with Crippen molar-refractivity contribution in [2.75, 3.05) is 26.2 Å². The number of piperidine rings is 2. The molecule has 6 rings (SSSR count). The summed E-state index contributed by atoms with van der Waals surface area (Å²) in [5, 5.41) is 32.1. The number of carbonyl (C=O) groups excluding carboxylic acids is 2. The van der Waals surface area contributed by atoms with Gasteiger partial charge in [-0.15, -0.1) is 11.3 Å². The zero-order chi connectivity index (χ0) is 39.8. The molecule has 2 aromatic heterocycles. The van der Waals surface area contributed by atoms with Gasteiger partial charge in [0.2, 0.25) is 5.60 Å². The van der Waals surface area contributed by atoms with Crippen LogP contribution in [0.3, 0.4) is 0 Å². The van der Waals surface area contributed by atoms with Crippen molar-refractivity contribution >= 4 is 23.2 Å². The van der Waals surface area contributed by atoms with Crippen molar-refractivity contribution in [3.05, 3.63) is 75.7 Å². The molecule has 4 heterocycles. The minimum Gasteiger partial charge on any atom is -0.493 e. The molecule has 1 saturated carbocycles. The molecule has 3 aliphatic rings. The molecular weight excluding hydrogens is 756 g/mol. The van der Waals surface area contributed by atoms with Crippen LogP contribution < -0.4 is 9.47 Å². The van der Waals surface area contributed by atoms with Crippen molar-refractivity contribution in [2.45, 2.75) is 101 Å². The first kappa shape index (κ1) is 40.7. The number of halogens is 6. The number of hydrogen-bond donors (Lipinski definition) is 3. The Hall–Kier alpha value is -3.93. The number of para-hydroxylation sites is 1. The Morgan fingerprint density at radius 2 is 1.69 bits per heavy atom. The second-order valence-corrected chi connectivity index (χ2v) is 15.6. The normalized spacial score (nSPS) is 22.4. The molecule has 55 heavy (non-hydrogen) atoms. The number of thiophene rings is 1. The first-order valence-electron chi connectivity index (χ1n) is 18.2. The number of carbonyl (C=O) groups is 2. The minimum atomic E-state index is -4.92. The molecule has 2 amide bonds. The molecule has 10 nitrogen and oxygen atoms in total. The van der Waals surface area contributed by atoms with Gasteiger partial charge in [0, 0.05) is 61.1 Å². The quantitative estimate of drug-likeness (QED) is 0.135. The van der Waals surface area contributed by atoms with Gasteiger partial charge in [0.25, 0.3) is 11.8 Å².